The number of hydrazone groups is 1. The first kappa shape index (κ1) is 24.6. The molecule has 2 amide bonds. The molecule has 7 nitrogen and oxygen atoms in total. The van der Waals surface area contributed by atoms with Crippen molar-refractivity contribution >= 4 is 23.3 Å². The molecule has 11 heteroatoms. The number of nitrogens with one attached hydrogen (secondary N) is 1. The molecule has 0 bridgehead atoms. The summed E-state index contributed by atoms with van der Waals surface area (Å²) in [5.74, 6) is -0.0666. The lowest BCUT2D eigenvalue weighted by atomic mass is 9.90. The Bertz CT molecular complexity index is 1280. The molecule has 4 rings (SSSR count). The molecule has 1 aliphatic heterocycles. The van der Waals surface area contributed by atoms with E-state index in [0.717, 1.165) is 0 Å². The van der Waals surface area contributed by atoms with Gasteiger partial charge in [0.25, 0.3) is 0 Å². The zero-order chi connectivity index (χ0) is 25.5. The van der Waals surface area contributed by atoms with Crippen molar-refractivity contribution in [3.05, 3.63) is 69.6 Å². The van der Waals surface area contributed by atoms with Gasteiger partial charge in [-0.1, -0.05) is 28.9 Å². The van der Waals surface area contributed by atoms with Crippen LogP contribution in [0.4, 0.5) is 18.0 Å². The maximum absolute atomic E-state index is 13.4. The highest BCUT2D eigenvalue weighted by molar-refractivity contribution is 6.30. The molecule has 0 radical (unpaired) electrons. The van der Waals surface area contributed by atoms with Gasteiger partial charge < -0.3 is 14.6 Å². The van der Waals surface area contributed by atoms with Crippen LogP contribution in [-0.2, 0) is 6.42 Å². The van der Waals surface area contributed by atoms with E-state index < -0.39 is 24.2 Å². The highest BCUT2D eigenvalue weighted by Gasteiger charge is 2.35. The van der Waals surface area contributed by atoms with Crippen molar-refractivity contribution in [1.82, 2.24) is 15.5 Å². The number of fused-ring (bicyclic) bond motifs is 1. The van der Waals surface area contributed by atoms with Gasteiger partial charge in [0.05, 0.1) is 23.0 Å². The number of hydrogen-bond acceptors (Lipinski definition) is 5. The number of nitrogens with zero attached hydrogens (tertiary/aromatic N) is 3. The van der Waals surface area contributed by atoms with E-state index in [1.807, 2.05) is 6.92 Å². The predicted molar refractivity (Wildman–Crippen MR) is 125 cm³/mol. The van der Waals surface area contributed by atoms with Gasteiger partial charge in [0.1, 0.15) is 11.5 Å². The van der Waals surface area contributed by atoms with Crippen molar-refractivity contribution in [2.75, 3.05) is 7.05 Å². The summed E-state index contributed by atoms with van der Waals surface area (Å²) in [6, 6.07) is 8.74. The number of amides is 2. The van der Waals surface area contributed by atoms with Crippen molar-refractivity contribution in [2.24, 2.45) is 5.10 Å². The van der Waals surface area contributed by atoms with Gasteiger partial charge in [-0.3, -0.25) is 0 Å². The van der Waals surface area contributed by atoms with Crippen LogP contribution in [0.1, 0.15) is 35.1 Å². The van der Waals surface area contributed by atoms with Crippen LogP contribution in [0.25, 0.3) is 11.1 Å². The molecule has 2 heterocycles. The highest BCUT2D eigenvalue weighted by Crippen LogP contribution is 2.41. The number of rotatable bonds is 3. The van der Waals surface area contributed by atoms with Crippen molar-refractivity contribution < 1.29 is 27.2 Å². The summed E-state index contributed by atoms with van der Waals surface area (Å²) in [4.78, 5) is 12.6. The van der Waals surface area contributed by atoms with Crippen molar-refractivity contribution in [2.45, 2.75) is 39.6 Å². The maximum Gasteiger partial charge on any atom is 0.573 e. The van der Waals surface area contributed by atoms with E-state index in [-0.39, 0.29) is 5.56 Å². The maximum atomic E-state index is 13.4. The third-order valence-corrected chi connectivity index (χ3v) is 5.92. The minimum Gasteiger partial charge on any atom is -0.405 e. The second-order valence-corrected chi connectivity index (χ2v) is 8.60. The number of benzene rings is 2. The fourth-order valence-electron chi connectivity index (χ4n) is 4.13. The first-order chi connectivity index (χ1) is 16.5. The van der Waals surface area contributed by atoms with Crippen LogP contribution in [0, 0.1) is 13.8 Å². The van der Waals surface area contributed by atoms with Crippen LogP contribution in [0.15, 0.2) is 46.0 Å². The summed E-state index contributed by atoms with van der Waals surface area (Å²) in [6.07, 6.45) is -4.61. The summed E-state index contributed by atoms with van der Waals surface area (Å²) >= 11 is 6.04. The average Bonchev–Trinajstić information content (AvgIpc) is 3.04. The van der Waals surface area contributed by atoms with Gasteiger partial charge in [-0.15, -0.1) is 13.2 Å². The summed E-state index contributed by atoms with van der Waals surface area (Å²) in [6.45, 7) is 5.07. The highest BCUT2D eigenvalue weighted by atomic mass is 35.5. The lowest BCUT2D eigenvalue weighted by molar-refractivity contribution is -0.274. The van der Waals surface area contributed by atoms with E-state index in [0.29, 0.717) is 50.9 Å². The first-order valence-corrected chi connectivity index (χ1v) is 11.1. The Labute approximate surface area is 204 Å². The molecule has 1 aromatic heterocycles. The van der Waals surface area contributed by atoms with Gasteiger partial charge in [-0.05, 0) is 57.0 Å². The topological polar surface area (TPSA) is 80.0 Å². The number of urea groups is 1. The lowest BCUT2D eigenvalue weighted by Crippen LogP contribution is -2.41. The van der Waals surface area contributed by atoms with Crippen LogP contribution in [0.2, 0.25) is 5.02 Å². The number of alkyl halides is 3. The Hall–Kier alpha value is -3.53. The second-order valence-electron chi connectivity index (χ2n) is 8.16. The molecule has 3 aromatic rings. The number of aryl methyl sites for hydroxylation is 2. The number of ether oxygens (including phenoxy) is 1. The largest absolute Gasteiger partial charge is 0.573 e. The molecule has 0 aliphatic carbocycles. The molecule has 1 aliphatic rings. The Morgan fingerprint density at radius 2 is 1.89 bits per heavy atom. The molecule has 2 aromatic carbocycles. The normalized spacial score (nSPS) is 15.8. The smallest absolute Gasteiger partial charge is 0.405 e. The molecular weight excluding hydrogens is 485 g/mol. The summed E-state index contributed by atoms with van der Waals surface area (Å²) < 4.78 is 50.0. The molecule has 0 spiro atoms. The number of aromatic nitrogens is 1. The van der Waals surface area contributed by atoms with Crippen LogP contribution >= 0.6 is 11.6 Å². The fraction of sp³-hybridized carbons (Fsp3) is 0.292. The van der Waals surface area contributed by atoms with E-state index in [9.17, 15) is 18.0 Å². The molecular formula is C24H22ClF3N4O3. The van der Waals surface area contributed by atoms with E-state index in [1.54, 1.807) is 44.2 Å². The Balaban J connectivity index is 2.01. The second kappa shape index (κ2) is 9.26. The van der Waals surface area contributed by atoms with E-state index in [1.165, 1.54) is 18.1 Å². The Morgan fingerprint density at radius 1 is 1.20 bits per heavy atom. The zero-order valence-corrected chi connectivity index (χ0v) is 20.1. The minimum absolute atomic E-state index is 0.188. The van der Waals surface area contributed by atoms with Crippen LogP contribution in [0.5, 0.6) is 5.75 Å². The monoisotopic (exact) mass is 506 g/mol. The molecule has 1 N–H and O–H groups in total. The summed E-state index contributed by atoms with van der Waals surface area (Å²) in [7, 11) is 1.48. The molecule has 0 saturated carbocycles. The molecule has 0 fully saturated rings. The van der Waals surface area contributed by atoms with Crippen LogP contribution in [0.3, 0.4) is 0 Å². The third-order valence-electron chi connectivity index (χ3n) is 5.67. The minimum atomic E-state index is -4.94. The molecule has 1 atom stereocenters. The van der Waals surface area contributed by atoms with Crippen molar-refractivity contribution in [3.63, 3.8) is 0 Å². The van der Waals surface area contributed by atoms with E-state index >= 15 is 0 Å². The third kappa shape index (κ3) is 4.97. The van der Waals surface area contributed by atoms with E-state index in [4.69, 9.17) is 16.1 Å². The molecule has 35 heavy (non-hydrogen) atoms. The standard InChI is InChI=1S/C24H22ClF3N4O3/c1-12-9-16-10-19(21-13(2)31-35-14(21)3)20(34-24(26,27)28)11-18(16)22(30-32(12)23(33)29-4)15-5-7-17(25)8-6-15/h5-8,10-12H,9H2,1-4H3,(H,29,33). The number of hydrogen-bond donors (Lipinski definition) is 1. The van der Waals surface area contributed by atoms with Gasteiger partial charge in [-0.2, -0.15) is 5.10 Å². The van der Waals surface area contributed by atoms with Crippen molar-refractivity contribution in [3.8, 4) is 16.9 Å². The van der Waals surface area contributed by atoms with Gasteiger partial charge >= 0.3 is 12.4 Å². The number of carbonyl (C=O) groups is 1. The van der Waals surface area contributed by atoms with E-state index in [2.05, 4.69) is 20.3 Å². The summed E-state index contributed by atoms with van der Waals surface area (Å²) in [5, 5.41) is 12.8. The van der Waals surface area contributed by atoms with Crippen molar-refractivity contribution in [1.29, 1.82) is 0 Å². The SMILES string of the molecule is CNC(=O)N1N=C(c2ccc(Cl)cc2)c2cc(OC(F)(F)F)c(-c3c(C)noc3C)cc2CC1C. The lowest BCUT2D eigenvalue weighted by Gasteiger charge is -2.22. The van der Waals surface area contributed by atoms with Crippen LogP contribution < -0.4 is 10.1 Å². The molecule has 1 unspecified atom stereocenters. The fourth-order valence-corrected chi connectivity index (χ4v) is 4.26. The van der Waals surface area contributed by atoms with Gasteiger partial charge in [-0.25, -0.2) is 9.80 Å². The summed E-state index contributed by atoms with van der Waals surface area (Å²) in [5.41, 5.74) is 2.99. The number of halogens is 4. The average molecular weight is 507 g/mol. The van der Waals surface area contributed by atoms with Crippen LogP contribution in [-0.4, -0.2) is 41.4 Å². The quantitative estimate of drug-likeness (QED) is 0.483. The predicted octanol–water partition coefficient (Wildman–Crippen LogP) is 5.85. The number of carbonyl (C=O) groups excluding carboxylic acids is 1. The van der Waals surface area contributed by atoms with Gasteiger partial charge in [0.2, 0.25) is 0 Å². The Kier molecular flexibility index (Phi) is 6.50. The molecule has 184 valence electrons. The first-order valence-electron chi connectivity index (χ1n) is 10.7. The van der Waals surface area contributed by atoms with Gasteiger partial charge in [0, 0.05) is 28.8 Å². The zero-order valence-electron chi connectivity index (χ0n) is 19.3. The van der Waals surface area contributed by atoms with Gasteiger partial charge in [0.15, 0.2) is 0 Å². The molecule has 0 saturated heterocycles. The Morgan fingerprint density at radius 3 is 2.46 bits per heavy atom.